The van der Waals surface area contributed by atoms with Crippen LogP contribution in [0.5, 0.6) is 0 Å². The molecule has 0 N–H and O–H groups in total. The summed E-state index contributed by atoms with van der Waals surface area (Å²) in [4.78, 5) is 2.03. The Morgan fingerprint density at radius 1 is 1.29 bits per heavy atom. The van der Waals surface area contributed by atoms with E-state index in [1.807, 2.05) is 18.9 Å². The Labute approximate surface area is 82.3 Å². The molecule has 2 rings (SSSR count). The molecule has 0 saturated carbocycles. The molecule has 0 aliphatic carbocycles. The molecule has 0 spiro atoms. The van der Waals surface area contributed by atoms with E-state index in [0.29, 0.717) is 17.5 Å². The van der Waals surface area contributed by atoms with Gasteiger partial charge in [-0.2, -0.15) is 0 Å². The maximum atomic E-state index is 13.5. The Bertz CT molecular complexity index is 363. The van der Waals surface area contributed by atoms with E-state index in [1.54, 1.807) is 0 Å². The lowest BCUT2D eigenvalue weighted by Gasteiger charge is -2.32. The van der Waals surface area contributed by atoms with Gasteiger partial charge in [-0.25, -0.2) is 8.78 Å². The Balaban J connectivity index is 2.58. The first kappa shape index (κ1) is 9.59. The molecule has 1 aromatic rings. The van der Waals surface area contributed by atoms with Gasteiger partial charge in [-0.05, 0) is 38.1 Å². The van der Waals surface area contributed by atoms with Gasteiger partial charge in [0.2, 0.25) is 0 Å². The normalized spacial score (nSPS) is 22.1. The SMILES string of the molecule is CC1c2c(F)ccc(F)c2CCN1C. The van der Waals surface area contributed by atoms with Gasteiger partial charge in [-0.15, -0.1) is 0 Å². The van der Waals surface area contributed by atoms with Gasteiger partial charge in [-0.1, -0.05) is 0 Å². The Morgan fingerprint density at radius 3 is 2.64 bits per heavy atom. The smallest absolute Gasteiger partial charge is 0.128 e. The van der Waals surface area contributed by atoms with Crippen molar-refractivity contribution in [2.75, 3.05) is 13.6 Å². The molecule has 0 bridgehead atoms. The van der Waals surface area contributed by atoms with Gasteiger partial charge in [0.25, 0.3) is 0 Å². The van der Waals surface area contributed by atoms with E-state index in [1.165, 1.54) is 12.1 Å². The topological polar surface area (TPSA) is 3.24 Å². The maximum Gasteiger partial charge on any atom is 0.128 e. The van der Waals surface area contributed by atoms with Crippen molar-refractivity contribution in [2.24, 2.45) is 0 Å². The van der Waals surface area contributed by atoms with Crippen molar-refractivity contribution >= 4 is 0 Å². The third-order valence-corrected chi connectivity index (χ3v) is 3.04. The number of likely N-dealkylation sites (N-methyl/N-ethyl adjacent to an activating group) is 1. The lowest BCUT2D eigenvalue weighted by atomic mass is 9.93. The van der Waals surface area contributed by atoms with Gasteiger partial charge in [0, 0.05) is 18.2 Å². The third-order valence-electron chi connectivity index (χ3n) is 3.04. The molecule has 1 unspecified atom stereocenters. The number of rotatable bonds is 0. The van der Waals surface area contributed by atoms with Crippen LogP contribution in [0.15, 0.2) is 12.1 Å². The molecular weight excluding hydrogens is 184 g/mol. The lowest BCUT2D eigenvalue weighted by molar-refractivity contribution is 0.238. The molecule has 3 heteroatoms. The first-order valence-electron chi connectivity index (χ1n) is 4.78. The van der Waals surface area contributed by atoms with Crippen molar-refractivity contribution in [3.63, 3.8) is 0 Å². The number of halogens is 2. The molecular formula is C11H13F2N. The first-order valence-corrected chi connectivity index (χ1v) is 4.78. The van der Waals surface area contributed by atoms with Gasteiger partial charge in [0.05, 0.1) is 0 Å². The minimum Gasteiger partial charge on any atom is -0.299 e. The predicted octanol–water partition coefficient (Wildman–Crippen LogP) is 2.51. The molecule has 0 saturated heterocycles. The molecule has 1 heterocycles. The van der Waals surface area contributed by atoms with Gasteiger partial charge in [0.15, 0.2) is 0 Å². The van der Waals surface area contributed by atoms with Crippen LogP contribution >= 0.6 is 0 Å². The highest BCUT2D eigenvalue weighted by molar-refractivity contribution is 5.34. The Hall–Kier alpha value is -0.960. The summed E-state index contributed by atoms with van der Waals surface area (Å²) in [5.41, 5.74) is 1.08. The highest BCUT2D eigenvalue weighted by Gasteiger charge is 2.26. The van der Waals surface area contributed by atoms with Gasteiger partial charge < -0.3 is 0 Å². The van der Waals surface area contributed by atoms with Crippen LogP contribution in [-0.4, -0.2) is 18.5 Å². The van der Waals surface area contributed by atoms with Crippen LogP contribution in [0.2, 0.25) is 0 Å². The fourth-order valence-corrected chi connectivity index (χ4v) is 2.02. The maximum absolute atomic E-state index is 13.5. The zero-order valence-electron chi connectivity index (χ0n) is 8.35. The minimum atomic E-state index is -0.291. The standard InChI is InChI=1S/C11H13F2N/c1-7-11-8(5-6-14(7)2)9(12)3-4-10(11)13/h3-4,7H,5-6H2,1-2H3. The first-order chi connectivity index (χ1) is 6.61. The molecule has 1 atom stereocenters. The quantitative estimate of drug-likeness (QED) is 0.617. The lowest BCUT2D eigenvalue weighted by Crippen LogP contribution is -2.31. The second-order valence-corrected chi connectivity index (χ2v) is 3.83. The summed E-state index contributed by atoms with van der Waals surface area (Å²) in [6.07, 6.45) is 0.597. The zero-order chi connectivity index (χ0) is 10.3. The van der Waals surface area contributed by atoms with E-state index in [0.717, 1.165) is 6.54 Å². The van der Waals surface area contributed by atoms with Crippen molar-refractivity contribution in [2.45, 2.75) is 19.4 Å². The third kappa shape index (κ3) is 1.32. The van der Waals surface area contributed by atoms with E-state index in [9.17, 15) is 8.78 Å². The van der Waals surface area contributed by atoms with Crippen LogP contribution in [0.1, 0.15) is 24.1 Å². The van der Waals surface area contributed by atoms with Crippen molar-refractivity contribution in [1.29, 1.82) is 0 Å². The van der Waals surface area contributed by atoms with E-state index >= 15 is 0 Å². The summed E-state index contributed by atoms with van der Waals surface area (Å²) < 4.78 is 26.8. The summed E-state index contributed by atoms with van der Waals surface area (Å²) in [6, 6.07) is 2.39. The van der Waals surface area contributed by atoms with Crippen LogP contribution in [0.25, 0.3) is 0 Å². The molecule has 1 nitrogen and oxygen atoms in total. The minimum absolute atomic E-state index is 0.0329. The Kier molecular flexibility index (Phi) is 2.27. The van der Waals surface area contributed by atoms with Crippen LogP contribution in [0.4, 0.5) is 8.78 Å². The van der Waals surface area contributed by atoms with Crippen molar-refractivity contribution in [3.8, 4) is 0 Å². The van der Waals surface area contributed by atoms with Crippen LogP contribution in [-0.2, 0) is 6.42 Å². The number of fused-ring (bicyclic) bond motifs is 1. The van der Waals surface area contributed by atoms with Gasteiger partial charge in [0.1, 0.15) is 11.6 Å². The fraction of sp³-hybridized carbons (Fsp3) is 0.455. The molecule has 0 fully saturated rings. The van der Waals surface area contributed by atoms with E-state index < -0.39 is 0 Å². The van der Waals surface area contributed by atoms with Gasteiger partial charge in [-0.3, -0.25) is 4.90 Å². The summed E-state index contributed by atoms with van der Waals surface area (Å²) in [5.74, 6) is -0.568. The molecule has 0 radical (unpaired) electrons. The summed E-state index contributed by atoms with van der Waals surface area (Å²) >= 11 is 0. The highest BCUT2D eigenvalue weighted by Crippen LogP contribution is 2.31. The largest absolute Gasteiger partial charge is 0.299 e. The van der Waals surface area contributed by atoms with E-state index in [2.05, 4.69) is 0 Å². The Morgan fingerprint density at radius 2 is 1.93 bits per heavy atom. The monoisotopic (exact) mass is 197 g/mol. The zero-order valence-corrected chi connectivity index (χ0v) is 8.35. The second-order valence-electron chi connectivity index (χ2n) is 3.83. The van der Waals surface area contributed by atoms with Crippen molar-refractivity contribution in [1.82, 2.24) is 4.90 Å². The summed E-state index contributed by atoms with van der Waals surface area (Å²) in [5, 5.41) is 0. The number of hydrogen-bond acceptors (Lipinski definition) is 1. The average Bonchev–Trinajstić information content (AvgIpc) is 2.16. The summed E-state index contributed by atoms with van der Waals surface area (Å²) in [7, 11) is 1.93. The van der Waals surface area contributed by atoms with Crippen molar-refractivity contribution < 1.29 is 8.78 Å². The molecule has 1 aromatic carbocycles. The van der Waals surface area contributed by atoms with E-state index in [4.69, 9.17) is 0 Å². The highest BCUT2D eigenvalue weighted by atomic mass is 19.1. The molecule has 0 amide bonds. The number of benzene rings is 1. The van der Waals surface area contributed by atoms with Crippen LogP contribution in [0, 0.1) is 11.6 Å². The van der Waals surface area contributed by atoms with Crippen LogP contribution < -0.4 is 0 Å². The molecule has 14 heavy (non-hydrogen) atoms. The van der Waals surface area contributed by atoms with Gasteiger partial charge >= 0.3 is 0 Å². The average molecular weight is 197 g/mol. The summed E-state index contributed by atoms with van der Waals surface area (Å²) in [6.45, 7) is 2.69. The molecule has 0 aromatic heterocycles. The number of hydrogen-bond donors (Lipinski definition) is 0. The fourth-order valence-electron chi connectivity index (χ4n) is 2.02. The predicted molar refractivity (Wildman–Crippen MR) is 51.1 cm³/mol. The van der Waals surface area contributed by atoms with Crippen LogP contribution in [0.3, 0.4) is 0 Å². The molecule has 1 aliphatic heterocycles. The van der Waals surface area contributed by atoms with Crippen molar-refractivity contribution in [3.05, 3.63) is 34.9 Å². The van der Waals surface area contributed by atoms with E-state index in [-0.39, 0.29) is 17.7 Å². The molecule has 76 valence electrons. The number of nitrogens with zero attached hydrogens (tertiary/aromatic N) is 1. The second kappa shape index (κ2) is 3.31. The molecule has 1 aliphatic rings.